The molecule has 0 spiro atoms. The number of amidine groups is 1. The Labute approximate surface area is 136 Å². The van der Waals surface area contributed by atoms with Crippen molar-refractivity contribution in [3.63, 3.8) is 0 Å². The number of Topliss-reactive ketones (excluding diaryl/α,β-unsaturated/α-hetero) is 1. The van der Waals surface area contributed by atoms with Crippen LogP contribution in [0.1, 0.15) is 26.3 Å². The largest absolute Gasteiger partial charge is 0.289 e. The summed E-state index contributed by atoms with van der Waals surface area (Å²) in [6.07, 6.45) is 3.24. The minimum atomic E-state index is -3.79. The van der Waals surface area contributed by atoms with Crippen LogP contribution in [0.2, 0.25) is 0 Å². The first kappa shape index (κ1) is 17.0. The quantitative estimate of drug-likeness (QED) is 0.475. The third-order valence-electron chi connectivity index (χ3n) is 3.31. The standard InChI is InChI=1S/C17H18N2O3S/c1-11-5-7-16(8-6-11)23(21,22)19-14(4)18-15-9-12(2)17(20)13(3)10-15/h5-10H,1-4H3. The third kappa shape index (κ3) is 4.10. The van der Waals surface area contributed by atoms with Gasteiger partial charge in [-0.3, -0.25) is 4.79 Å². The van der Waals surface area contributed by atoms with E-state index in [0.717, 1.165) is 5.56 Å². The lowest BCUT2D eigenvalue weighted by Crippen LogP contribution is -2.11. The summed E-state index contributed by atoms with van der Waals surface area (Å²) in [4.78, 5) is 16.0. The number of sulfonamides is 1. The fourth-order valence-electron chi connectivity index (χ4n) is 2.14. The van der Waals surface area contributed by atoms with Crippen molar-refractivity contribution in [2.45, 2.75) is 32.6 Å². The van der Waals surface area contributed by atoms with Gasteiger partial charge in [-0.2, -0.15) is 8.42 Å². The minimum Gasteiger partial charge on any atom is -0.289 e. The summed E-state index contributed by atoms with van der Waals surface area (Å²) in [5, 5.41) is 0. The van der Waals surface area contributed by atoms with Crippen LogP contribution in [-0.2, 0) is 14.8 Å². The molecule has 0 fully saturated rings. The number of carbonyl (C=O) groups is 1. The highest BCUT2D eigenvalue weighted by molar-refractivity contribution is 7.90. The van der Waals surface area contributed by atoms with E-state index in [1.165, 1.54) is 19.1 Å². The zero-order valence-electron chi connectivity index (χ0n) is 13.5. The first-order chi connectivity index (χ1) is 10.7. The van der Waals surface area contributed by atoms with Crippen molar-refractivity contribution in [1.82, 2.24) is 0 Å². The zero-order valence-corrected chi connectivity index (χ0v) is 14.3. The molecule has 120 valence electrons. The second-order valence-electron chi connectivity index (χ2n) is 5.45. The van der Waals surface area contributed by atoms with Crippen LogP contribution in [0, 0.1) is 6.92 Å². The van der Waals surface area contributed by atoms with E-state index in [4.69, 9.17) is 0 Å². The van der Waals surface area contributed by atoms with Gasteiger partial charge in [0.1, 0.15) is 5.84 Å². The first-order valence-corrected chi connectivity index (χ1v) is 8.51. The SMILES string of the molecule is CC1=CC(=NC(C)=NS(=O)(=O)c2ccc(C)cc2)C=C(C)C1=O. The predicted molar refractivity (Wildman–Crippen MR) is 91.4 cm³/mol. The van der Waals surface area contributed by atoms with Crippen molar-refractivity contribution < 1.29 is 13.2 Å². The van der Waals surface area contributed by atoms with Crippen LogP contribution < -0.4 is 0 Å². The molecule has 1 aromatic carbocycles. The molecule has 2 rings (SSSR count). The van der Waals surface area contributed by atoms with Gasteiger partial charge in [0, 0.05) is 0 Å². The van der Waals surface area contributed by atoms with Gasteiger partial charge in [0.15, 0.2) is 5.78 Å². The lowest BCUT2D eigenvalue weighted by atomic mass is 9.98. The Hall–Kier alpha value is -2.34. The Morgan fingerprint density at radius 2 is 1.48 bits per heavy atom. The molecular weight excluding hydrogens is 312 g/mol. The molecule has 0 heterocycles. The van der Waals surface area contributed by atoms with Crippen LogP contribution in [0.3, 0.4) is 0 Å². The molecule has 0 unspecified atom stereocenters. The Morgan fingerprint density at radius 1 is 0.957 bits per heavy atom. The van der Waals surface area contributed by atoms with Crippen molar-refractivity contribution in [2.24, 2.45) is 9.39 Å². The smallest absolute Gasteiger partial charge is 0.283 e. The number of hydrogen-bond acceptors (Lipinski definition) is 3. The van der Waals surface area contributed by atoms with E-state index >= 15 is 0 Å². The predicted octanol–water partition coefficient (Wildman–Crippen LogP) is 3.02. The number of aliphatic imine (C=N–C) groups is 1. The third-order valence-corrected chi connectivity index (χ3v) is 4.68. The monoisotopic (exact) mass is 330 g/mol. The number of hydrogen-bond donors (Lipinski definition) is 0. The van der Waals surface area contributed by atoms with Gasteiger partial charge in [0.05, 0.1) is 10.6 Å². The Kier molecular flexibility index (Phi) is 4.75. The highest BCUT2D eigenvalue weighted by Crippen LogP contribution is 2.15. The van der Waals surface area contributed by atoms with Gasteiger partial charge in [0.2, 0.25) is 0 Å². The second-order valence-corrected chi connectivity index (χ2v) is 7.05. The topological polar surface area (TPSA) is 75.9 Å². The van der Waals surface area contributed by atoms with Crippen LogP contribution in [-0.4, -0.2) is 25.7 Å². The van der Waals surface area contributed by atoms with E-state index in [0.29, 0.717) is 16.9 Å². The van der Waals surface area contributed by atoms with Gasteiger partial charge >= 0.3 is 0 Å². The molecule has 0 saturated carbocycles. The number of benzene rings is 1. The van der Waals surface area contributed by atoms with Gasteiger partial charge in [-0.05, 0) is 63.1 Å². The van der Waals surface area contributed by atoms with E-state index in [2.05, 4.69) is 9.39 Å². The minimum absolute atomic E-state index is 0.0363. The lowest BCUT2D eigenvalue weighted by molar-refractivity contribution is -0.112. The van der Waals surface area contributed by atoms with Crippen molar-refractivity contribution in [2.75, 3.05) is 0 Å². The molecule has 0 aromatic heterocycles. The van der Waals surface area contributed by atoms with E-state index in [-0.39, 0.29) is 16.5 Å². The maximum Gasteiger partial charge on any atom is 0.283 e. The molecule has 0 atom stereocenters. The van der Waals surface area contributed by atoms with E-state index in [1.807, 2.05) is 6.92 Å². The summed E-state index contributed by atoms with van der Waals surface area (Å²) >= 11 is 0. The van der Waals surface area contributed by atoms with Crippen LogP contribution in [0.4, 0.5) is 0 Å². The average Bonchev–Trinajstić information content (AvgIpc) is 2.44. The number of rotatable bonds is 2. The molecule has 0 N–H and O–H groups in total. The van der Waals surface area contributed by atoms with E-state index in [1.54, 1.807) is 38.1 Å². The lowest BCUT2D eigenvalue weighted by Gasteiger charge is -2.08. The highest BCUT2D eigenvalue weighted by atomic mass is 32.2. The molecule has 0 radical (unpaired) electrons. The van der Waals surface area contributed by atoms with Crippen LogP contribution in [0.5, 0.6) is 0 Å². The molecular formula is C17H18N2O3S. The van der Waals surface area contributed by atoms with Crippen molar-refractivity contribution in [3.05, 3.63) is 53.1 Å². The Balaban J connectivity index is 2.35. The maximum absolute atomic E-state index is 12.2. The average molecular weight is 330 g/mol. The molecule has 6 heteroatoms. The first-order valence-electron chi connectivity index (χ1n) is 7.07. The molecule has 1 aliphatic carbocycles. The molecule has 1 aliphatic rings. The molecule has 1 aromatic rings. The Morgan fingerprint density at radius 3 is 2.00 bits per heavy atom. The molecule has 5 nitrogen and oxygen atoms in total. The van der Waals surface area contributed by atoms with Crippen molar-refractivity contribution >= 4 is 27.4 Å². The summed E-state index contributed by atoms with van der Waals surface area (Å²) in [6.45, 7) is 6.79. The maximum atomic E-state index is 12.2. The number of nitrogens with zero attached hydrogens (tertiary/aromatic N) is 2. The fraction of sp³-hybridized carbons (Fsp3) is 0.235. The number of carbonyl (C=O) groups excluding carboxylic acids is 1. The van der Waals surface area contributed by atoms with Crippen molar-refractivity contribution in [3.8, 4) is 0 Å². The van der Waals surface area contributed by atoms with Gasteiger partial charge in [-0.25, -0.2) is 4.99 Å². The van der Waals surface area contributed by atoms with Crippen LogP contribution in [0.15, 0.2) is 61.8 Å². The molecule has 0 saturated heterocycles. The summed E-state index contributed by atoms with van der Waals surface area (Å²) < 4.78 is 28.2. The van der Waals surface area contributed by atoms with Gasteiger partial charge in [0.25, 0.3) is 10.0 Å². The summed E-state index contributed by atoms with van der Waals surface area (Å²) in [6, 6.07) is 6.47. The van der Waals surface area contributed by atoms with Gasteiger partial charge in [-0.15, -0.1) is 4.40 Å². The number of ketones is 1. The molecule has 23 heavy (non-hydrogen) atoms. The van der Waals surface area contributed by atoms with E-state index in [9.17, 15) is 13.2 Å². The molecule has 0 amide bonds. The summed E-state index contributed by atoms with van der Waals surface area (Å²) in [5.41, 5.74) is 2.62. The molecule has 0 bridgehead atoms. The Bertz CT molecular complexity index is 847. The summed E-state index contributed by atoms with van der Waals surface area (Å²) in [7, 11) is -3.79. The fourth-order valence-corrected chi connectivity index (χ4v) is 3.11. The van der Waals surface area contributed by atoms with E-state index < -0.39 is 10.0 Å². The van der Waals surface area contributed by atoms with Crippen LogP contribution >= 0.6 is 0 Å². The number of allylic oxidation sites excluding steroid dienone is 4. The normalized spacial score (nSPS) is 16.1. The second kappa shape index (κ2) is 6.42. The summed E-state index contributed by atoms with van der Waals surface area (Å²) in [5.74, 6) is 0.0776. The van der Waals surface area contributed by atoms with Gasteiger partial charge < -0.3 is 0 Å². The van der Waals surface area contributed by atoms with Crippen LogP contribution in [0.25, 0.3) is 0 Å². The van der Waals surface area contributed by atoms with Crippen molar-refractivity contribution in [1.29, 1.82) is 0 Å². The number of aryl methyl sites for hydroxylation is 1. The van der Waals surface area contributed by atoms with Gasteiger partial charge in [-0.1, -0.05) is 17.7 Å². The highest BCUT2D eigenvalue weighted by Gasteiger charge is 2.15. The molecule has 0 aliphatic heterocycles. The zero-order chi connectivity index (χ0) is 17.2.